The molecule has 0 saturated carbocycles. The minimum Gasteiger partial charge on any atom is -0.454 e. The summed E-state index contributed by atoms with van der Waals surface area (Å²) < 4.78 is 0. The van der Waals surface area contributed by atoms with Crippen molar-refractivity contribution >= 4 is 11.6 Å². The largest absolute Gasteiger partial charge is 0.454 e. The third-order valence-corrected chi connectivity index (χ3v) is 2.03. The minimum absolute atomic E-state index is 0. The van der Waals surface area contributed by atoms with Crippen LogP contribution < -0.4 is 0 Å². The normalized spacial score (nSPS) is 16.2. The smallest absolute Gasteiger partial charge is 0 e. The van der Waals surface area contributed by atoms with Crippen LogP contribution in [0.4, 0.5) is 0 Å². The molecule has 0 aromatic carbocycles. The van der Waals surface area contributed by atoms with Crippen LogP contribution >= 0.6 is 11.6 Å². The predicted octanol–water partition coefficient (Wildman–Crippen LogP) is 3.05. The van der Waals surface area contributed by atoms with Crippen molar-refractivity contribution in [2.75, 3.05) is 6.54 Å². The van der Waals surface area contributed by atoms with Crippen LogP contribution in [0, 0.1) is 6.20 Å². The van der Waals surface area contributed by atoms with Crippen molar-refractivity contribution in [1.29, 1.82) is 0 Å². The maximum absolute atomic E-state index is 5.95. The van der Waals surface area contributed by atoms with Gasteiger partial charge >= 0.3 is 0 Å². The van der Waals surface area contributed by atoms with Crippen molar-refractivity contribution in [2.45, 2.75) is 20.3 Å². The predicted molar refractivity (Wildman–Crippen MR) is 52.5 cm³/mol. The summed E-state index contributed by atoms with van der Waals surface area (Å²) in [6.07, 6.45) is 6.14. The van der Waals surface area contributed by atoms with E-state index in [0.717, 1.165) is 29.3 Å². The number of allylic oxidation sites excluding steroid dienone is 3. The van der Waals surface area contributed by atoms with Gasteiger partial charge in [-0.3, -0.25) is 0 Å². The van der Waals surface area contributed by atoms with E-state index in [1.807, 2.05) is 17.9 Å². The van der Waals surface area contributed by atoms with Crippen LogP contribution in [0.1, 0.15) is 20.3 Å². The van der Waals surface area contributed by atoms with Gasteiger partial charge in [0.05, 0.1) is 0 Å². The Morgan fingerprint density at radius 2 is 2.23 bits per heavy atom. The molecule has 0 unspecified atom stereocenters. The van der Waals surface area contributed by atoms with E-state index in [9.17, 15) is 0 Å². The van der Waals surface area contributed by atoms with Crippen LogP contribution in [-0.2, 0) is 32.7 Å². The topological polar surface area (TPSA) is 3.24 Å². The summed E-state index contributed by atoms with van der Waals surface area (Å²) >= 11 is 5.95. The van der Waals surface area contributed by atoms with Crippen molar-refractivity contribution in [1.82, 2.24) is 4.90 Å². The van der Waals surface area contributed by atoms with Crippen LogP contribution in [0.25, 0.3) is 0 Å². The van der Waals surface area contributed by atoms with Gasteiger partial charge in [-0.2, -0.15) is 0 Å². The Hall–Kier alpha value is 0.414. The summed E-state index contributed by atoms with van der Waals surface area (Å²) in [5.41, 5.74) is 1.91. The SMILES string of the molecule is C=C1C(Cl)=CC(C)=[C-]N1CCC.[Y]. The molecule has 13 heavy (non-hydrogen) atoms. The fourth-order valence-electron chi connectivity index (χ4n) is 1.13. The molecule has 0 atom stereocenters. The van der Waals surface area contributed by atoms with E-state index >= 15 is 0 Å². The summed E-state index contributed by atoms with van der Waals surface area (Å²) in [6.45, 7) is 8.92. The summed E-state index contributed by atoms with van der Waals surface area (Å²) in [5, 5.41) is 0.722. The summed E-state index contributed by atoms with van der Waals surface area (Å²) in [7, 11) is 0. The Morgan fingerprint density at radius 3 is 2.77 bits per heavy atom. The first-order valence-corrected chi connectivity index (χ1v) is 4.47. The molecular weight excluding hydrogens is 258 g/mol. The standard InChI is InChI=1S/C10H13ClN.Y/c1-4-5-12-7-8(2)6-10(11)9(12)3;/h6H,3-5H2,1-2H3;/q-1;. The maximum atomic E-state index is 5.95. The fourth-order valence-corrected chi connectivity index (χ4v) is 1.40. The molecule has 1 heterocycles. The van der Waals surface area contributed by atoms with Gasteiger partial charge in [-0.05, 0) is 18.0 Å². The molecule has 0 aliphatic carbocycles. The molecule has 1 radical (unpaired) electrons. The van der Waals surface area contributed by atoms with E-state index in [0.29, 0.717) is 0 Å². The molecule has 69 valence electrons. The molecule has 1 rings (SSSR count). The van der Waals surface area contributed by atoms with Crippen molar-refractivity contribution in [3.63, 3.8) is 0 Å². The van der Waals surface area contributed by atoms with E-state index in [1.165, 1.54) is 0 Å². The number of hydrogen-bond donors (Lipinski definition) is 0. The molecule has 0 aromatic rings. The van der Waals surface area contributed by atoms with E-state index in [2.05, 4.69) is 19.7 Å². The Kier molecular flexibility index (Phi) is 6.19. The first kappa shape index (κ1) is 13.4. The number of hydrogen-bond acceptors (Lipinski definition) is 1. The van der Waals surface area contributed by atoms with Gasteiger partial charge in [-0.15, -0.1) is 29.8 Å². The second-order valence-electron chi connectivity index (χ2n) is 2.89. The van der Waals surface area contributed by atoms with Crippen LogP contribution in [-0.4, -0.2) is 11.4 Å². The second-order valence-corrected chi connectivity index (χ2v) is 3.29. The van der Waals surface area contributed by atoms with Crippen LogP contribution in [0.15, 0.2) is 29.0 Å². The average Bonchev–Trinajstić information content (AvgIpc) is 2.00. The zero-order valence-corrected chi connectivity index (χ0v) is 11.7. The number of halogens is 1. The van der Waals surface area contributed by atoms with Gasteiger partial charge in [0.1, 0.15) is 0 Å². The third kappa shape index (κ3) is 3.57. The summed E-state index contributed by atoms with van der Waals surface area (Å²) in [5.74, 6) is 0. The number of rotatable bonds is 2. The van der Waals surface area contributed by atoms with Crippen LogP contribution in [0.2, 0.25) is 0 Å². The Morgan fingerprint density at radius 1 is 1.62 bits per heavy atom. The van der Waals surface area contributed by atoms with Gasteiger partial charge in [0.25, 0.3) is 0 Å². The molecule has 0 saturated heterocycles. The van der Waals surface area contributed by atoms with Gasteiger partial charge in [0.15, 0.2) is 0 Å². The zero-order chi connectivity index (χ0) is 9.14. The van der Waals surface area contributed by atoms with E-state index in [4.69, 9.17) is 11.6 Å². The van der Waals surface area contributed by atoms with Gasteiger partial charge in [-0.25, -0.2) is 0 Å². The minimum atomic E-state index is 0. The second kappa shape index (κ2) is 6.00. The van der Waals surface area contributed by atoms with E-state index in [1.54, 1.807) is 0 Å². The van der Waals surface area contributed by atoms with Crippen molar-refractivity contribution in [3.8, 4) is 0 Å². The average molecular weight is 272 g/mol. The van der Waals surface area contributed by atoms with Crippen molar-refractivity contribution in [3.05, 3.63) is 35.2 Å². The van der Waals surface area contributed by atoms with Crippen LogP contribution in [0.5, 0.6) is 0 Å². The van der Waals surface area contributed by atoms with Crippen molar-refractivity contribution in [2.24, 2.45) is 0 Å². The zero-order valence-electron chi connectivity index (χ0n) is 8.10. The molecule has 0 spiro atoms. The Bertz CT molecular complexity index is 256. The van der Waals surface area contributed by atoms with E-state index < -0.39 is 0 Å². The van der Waals surface area contributed by atoms with Gasteiger partial charge in [-0.1, -0.05) is 25.7 Å². The van der Waals surface area contributed by atoms with Gasteiger partial charge in [0, 0.05) is 32.7 Å². The monoisotopic (exact) mass is 271 g/mol. The molecule has 0 fully saturated rings. The first-order chi connectivity index (χ1) is 5.65. The van der Waals surface area contributed by atoms with Crippen molar-refractivity contribution < 1.29 is 32.7 Å². The molecule has 1 aliphatic rings. The molecule has 0 bridgehead atoms. The third-order valence-electron chi connectivity index (χ3n) is 1.70. The maximum Gasteiger partial charge on any atom is 0 e. The van der Waals surface area contributed by atoms with Crippen LogP contribution in [0.3, 0.4) is 0 Å². The molecule has 0 aromatic heterocycles. The van der Waals surface area contributed by atoms with E-state index in [-0.39, 0.29) is 32.7 Å². The quantitative estimate of drug-likeness (QED) is 0.698. The molecule has 0 N–H and O–H groups in total. The molecular formula is C10H13ClNY-. The van der Waals surface area contributed by atoms with Gasteiger partial charge < -0.3 is 4.90 Å². The summed E-state index contributed by atoms with van der Waals surface area (Å²) in [6, 6.07) is 0. The molecule has 1 aliphatic heterocycles. The number of nitrogens with zero attached hydrogens (tertiary/aromatic N) is 1. The summed E-state index contributed by atoms with van der Waals surface area (Å²) in [4.78, 5) is 1.97. The Balaban J connectivity index is 0.00000144. The molecule has 3 heteroatoms. The fraction of sp³-hybridized carbons (Fsp3) is 0.400. The molecule has 1 nitrogen and oxygen atoms in total. The first-order valence-electron chi connectivity index (χ1n) is 4.09. The van der Waals surface area contributed by atoms with Gasteiger partial charge in [0.2, 0.25) is 0 Å². The molecule has 0 amide bonds. The Labute approximate surface area is 110 Å².